The van der Waals surface area contributed by atoms with E-state index >= 15 is 0 Å². The van der Waals surface area contributed by atoms with Crippen molar-refractivity contribution in [2.75, 3.05) is 31.2 Å². The van der Waals surface area contributed by atoms with Gasteiger partial charge in [0.05, 0.1) is 18.8 Å². The number of aryl methyl sites for hydroxylation is 1. The Morgan fingerprint density at radius 3 is 2.47 bits per heavy atom. The van der Waals surface area contributed by atoms with E-state index < -0.39 is 48.2 Å². The number of aliphatic hydroxyl groups excluding tert-OH is 2. The molecule has 14 nitrogen and oxygen atoms in total. The van der Waals surface area contributed by atoms with Crippen molar-refractivity contribution in [3.8, 4) is 0 Å². The number of carbonyl (C=O) groups excluding carboxylic acids is 3. The van der Waals surface area contributed by atoms with Gasteiger partial charge in [-0.15, -0.1) is 0 Å². The van der Waals surface area contributed by atoms with Crippen LogP contribution in [-0.2, 0) is 25.5 Å². The van der Waals surface area contributed by atoms with E-state index in [1.807, 2.05) is 0 Å². The lowest BCUT2D eigenvalue weighted by atomic mass is 10.1. The first kappa shape index (κ1) is 29.9. The van der Waals surface area contributed by atoms with Crippen LogP contribution >= 0.6 is 21.6 Å². The maximum atomic E-state index is 12.1. The van der Waals surface area contributed by atoms with Gasteiger partial charge in [0.2, 0.25) is 17.7 Å². The van der Waals surface area contributed by atoms with Crippen LogP contribution in [0.2, 0.25) is 0 Å². The fraction of sp³-hybridized carbons (Fsp3) is 0.650. The molecule has 1 fully saturated rings. The SMILES string of the molecule is NC(=O)C(N)CSSCCC(=O)NCCNC(=O)CCc1cn([C@H]2C[C@H](O)[C@@H](CO)O2)c(=O)[nH]c1=O. The molecule has 0 radical (unpaired) electrons. The second-order valence-electron chi connectivity index (χ2n) is 8.00. The van der Waals surface area contributed by atoms with Crippen molar-refractivity contribution in [3.63, 3.8) is 0 Å². The van der Waals surface area contributed by atoms with E-state index in [1.165, 1.54) is 27.8 Å². The molecule has 1 aliphatic heterocycles. The molecule has 2 heterocycles. The molecular weight excluding hydrogens is 516 g/mol. The third kappa shape index (κ3) is 9.59. The van der Waals surface area contributed by atoms with Crippen LogP contribution in [0.1, 0.15) is 31.1 Å². The van der Waals surface area contributed by atoms with Gasteiger partial charge in [0.1, 0.15) is 12.3 Å². The fourth-order valence-corrected chi connectivity index (χ4v) is 5.32. The summed E-state index contributed by atoms with van der Waals surface area (Å²) in [6.07, 6.45) is -0.955. The van der Waals surface area contributed by atoms with Gasteiger partial charge < -0.3 is 37.1 Å². The molecular formula is C20H32N6O8S2. The zero-order valence-corrected chi connectivity index (χ0v) is 21.1. The largest absolute Gasteiger partial charge is 0.394 e. The zero-order valence-electron chi connectivity index (χ0n) is 19.5. The number of amides is 3. The summed E-state index contributed by atoms with van der Waals surface area (Å²) in [6, 6.07) is -0.722. The molecule has 2 rings (SSSR count). The van der Waals surface area contributed by atoms with Crippen LogP contribution in [0.15, 0.2) is 15.8 Å². The van der Waals surface area contributed by atoms with Gasteiger partial charge >= 0.3 is 5.69 Å². The number of aromatic nitrogens is 2. The quantitative estimate of drug-likeness (QED) is 0.0858. The molecule has 1 saturated heterocycles. The predicted molar refractivity (Wildman–Crippen MR) is 134 cm³/mol. The lowest BCUT2D eigenvalue weighted by Gasteiger charge is -2.15. The molecule has 0 aromatic carbocycles. The number of ether oxygens (including phenoxy) is 1. The van der Waals surface area contributed by atoms with Gasteiger partial charge in [-0.2, -0.15) is 0 Å². The second-order valence-corrected chi connectivity index (χ2v) is 10.6. The molecule has 1 unspecified atom stereocenters. The number of aromatic amines is 1. The summed E-state index contributed by atoms with van der Waals surface area (Å²) in [6.45, 7) is 0.0226. The van der Waals surface area contributed by atoms with E-state index in [9.17, 15) is 34.2 Å². The van der Waals surface area contributed by atoms with Crippen molar-refractivity contribution >= 4 is 39.3 Å². The van der Waals surface area contributed by atoms with E-state index in [4.69, 9.17) is 16.2 Å². The van der Waals surface area contributed by atoms with E-state index in [0.717, 1.165) is 4.57 Å². The van der Waals surface area contributed by atoms with Crippen LogP contribution in [0.3, 0.4) is 0 Å². The standard InChI is InChI=1S/C20H32N6O8S2/c21-12(18(22)31)10-36-35-6-3-16(30)24-5-4-23-15(29)2-1-11-8-26(20(33)25-19(11)32)17-7-13(28)14(9-27)34-17/h8,12-14,17,27-28H,1-7,9-10,21H2,(H2,22,31)(H,23,29)(H,24,30)(H,25,32,33)/t12?,13-,14+,17+/m0/s1. The summed E-state index contributed by atoms with van der Waals surface area (Å²) in [4.78, 5) is 61.2. The molecule has 4 atom stereocenters. The Balaban J connectivity index is 1.67. The number of nitrogens with zero attached hydrogens (tertiary/aromatic N) is 1. The molecule has 9 N–H and O–H groups in total. The molecule has 3 amide bonds. The van der Waals surface area contributed by atoms with Crippen LogP contribution in [0.25, 0.3) is 0 Å². The topological polar surface area (TPSA) is 232 Å². The van der Waals surface area contributed by atoms with Gasteiger partial charge in [0.15, 0.2) is 0 Å². The molecule has 0 saturated carbocycles. The lowest BCUT2D eigenvalue weighted by Crippen LogP contribution is -2.38. The monoisotopic (exact) mass is 548 g/mol. The normalized spacial score (nSPS) is 20.1. The lowest BCUT2D eigenvalue weighted by molar-refractivity contribution is -0.122. The van der Waals surface area contributed by atoms with Crippen LogP contribution < -0.4 is 33.3 Å². The van der Waals surface area contributed by atoms with E-state index in [-0.39, 0.29) is 56.2 Å². The van der Waals surface area contributed by atoms with Gasteiger partial charge in [0, 0.05) is 55.6 Å². The van der Waals surface area contributed by atoms with Crippen LogP contribution in [0.5, 0.6) is 0 Å². The highest BCUT2D eigenvalue weighted by molar-refractivity contribution is 8.76. The van der Waals surface area contributed by atoms with E-state index in [2.05, 4.69) is 15.6 Å². The highest BCUT2D eigenvalue weighted by Gasteiger charge is 2.35. The molecule has 0 aliphatic carbocycles. The number of hydrogen-bond acceptors (Lipinski definition) is 11. The molecule has 36 heavy (non-hydrogen) atoms. The third-order valence-electron chi connectivity index (χ3n) is 5.24. The third-order valence-corrected chi connectivity index (χ3v) is 7.68. The first-order chi connectivity index (χ1) is 17.1. The number of nitrogens with two attached hydrogens (primary N) is 2. The summed E-state index contributed by atoms with van der Waals surface area (Å²) in [5.74, 6) is -0.214. The minimum Gasteiger partial charge on any atom is -0.394 e. The Hall–Kier alpha value is -2.37. The van der Waals surface area contributed by atoms with Crippen molar-refractivity contribution in [1.29, 1.82) is 0 Å². The predicted octanol–water partition coefficient (Wildman–Crippen LogP) is -3.07. The zero-order chi connectivity index (χ0) is 26.7. The Bertz CT molecular complexity index is 1020. The van der Waals surface area contributed by atoms with Crippen molar-refractivity contribution in [2.24, 2.45) is 11.5 Å². The minimum absolute atomic E-state index is 0.0239. The van der Waals surface area contributed by atoms with Gasteiger partial charge in [-0.1, -0.05) is 21.6 Å². The minimum atomic E-state index is -0.946. The van der Waals surface area contributed by atoms with Gasteiger partial charge in [-0.05, 0) is 6.42 Å². The van der Waals surface area contributed by atoms with Gasteiger partial charge in [0.25, 0.3) is 5.56 Å². The summed E-state index contributed by atoms with van der Waals surface area (Å²) in [5.41, 5.74) is 9.42. The first-order valence-electron chi connectivity index (χ1n) is 11.2. The number of rotatable bonds is 15. The number of primary amides is 1. The summed E-state index contributed by atoms with van der Waals surface area (Å²) < 4.78 is 6.58. The molecule has 1 aromatic rings. The van der Waals surface area contributed by atoms with Crippen LogP contribution in [0.4, 0.5) is 0 Å². The molecule has 0 bridgehead atoms. The van der Waals surface area contributed by atoms with Crippen molar-refractivity contribution in [1.82, 2.24) is 20.2 Å². The molecule has 202 valence electrons. The fourth-order valence-electron chi connectivity index (χ4n) is 3.19. The number of aliphatic hydroxyl groups is 2. The number of nitrogens with one attached hydrogen (secondary N) is 3. The molecule has 1 aromatic heterocycles. The maximum absolute atomic E-state index is 12.1. The molecule has 16 heteroatoms. The summed E-state index contributed by atoms with van der Waals surface area (Å²) in [7, 11) is 2.77. The van der Waals surface area contributed by atoms with Crippen LogP contribution in [0, 0.1) is 0 Å². The average Bonchev–Trinajstić information content (AvgIpc) is 3.21. The Morgan fingerprint density at radius 1 is 1.19 bits per heavy atom. The summed E-state index contributed by atoms with van der Waals surface area (Å²) in [5, 5.41) is 24.4. The van der Waals surface area contributed by atoms with Crippen molar-refractivity contribution < 1.29 is 29.3 Å². The average molecular weight is 549 g/mol. The molecule has 1 aliphatic rings. The Morgan fingerprint density at radius 2 is 1.86 bits per heavy atom. The highest BCUT2D eigenvalue weighted by Crippen LogP contribution is 2.27. The van der Waals surface area contributed by atoms with Gasteiger partial charge in [-0.3, -0.25) is 28.7 Å². The highest BCUT2D eigenvalue weighted by atomic mass is 33.1. The first-order valence-corrected chi connectivity index (χ1v) is 13.7. The van der Waals surface area contributed by atoms with E-state index in [1.54, 1.807) is 0 Å². The van der Waals surface area contributed by atoms with Crippen LogP contribution in [-0.4, -0.2) is 86.9 Å². The van der Waals surface area contributed by atoms with Gasteiger partial charge in [-0.25, -0.2) is 4.79 Å². The summed E-state index contributed by atoms with van der Waals surface area (Å²) >= 11 is 0. The Kier molecular flexibility index (Phi) is 12.5. The Labute approximate surface area is 214 Å². The van der Waals surface area contributed by atoms with Crippen molar-refractivity contribution in [3.05, 3.63) is 32.6 Å². The van der Waals surface area contributed by atoms with E-state index in [0.29, 0.717) is 11.5 Å². The maximum Gasteiger partial charge on any atom is 0.330 e. The second kappa shape index (κ2) is 15.0. The molecule has 0 spiro atoms. The number of hydrogen-bond donors (Lipinski definition) is 7. The number of H-pyrrole nitrogens is 1. The smallest absolute Gasteiger partial charge is 0.330 e. The number of carbonyl (C=O) groups is 3. The van der Waals surface area contributed by atoms with Crippen molar-refractivity contribution in [2.45, 2.75) is 50.2 Å².